The van der Waals surface area contributed by atoms with Gasteiger partial charge in [-0.2, -0.15) is 26.3 Å². The van der Waals surface area contributed by atoms with Crippen LogP contribution in [0.3, 0.4) is 0 Å². The summed E-state index contributed by atoms with van der Waals surface area (Å²) in [6, 6.07) is 0.977. The number of carbonyl (C=O) groups excluding carboxylic acids is 1. The zero-order valence-electron chi connectivity index (χ0n) is 16.1. The molecule has 2 heterocycles. The van der Waals surface area contributed by atoms with Crippen molar-refractivity contribution in [3.63, 3.8) is 0 Å². The predicted molar refractivity (Wildman–Crippen MR) is 95.8 cm³/mol. The van der Waals surface area contributed by atoms with E-state index in [1.165, 1.54) is 4.90 Å². The zero-order chi connectivity index (χ0) is 22.1. The second kappa shape index (κ2) is 8.29. The molecule has 0 unspecified atom stereocenters. The van der Waals surface area contributed by atoms with Crippen LogP contribution >= 0.6 is 0 Å². The van der Waals surface area contributed by atoms with Gasteiger partial charge in [-0.05, 0) is 25.1 Å². The number of nitrogens with zero attached hydrogens (tertiary/aromatic N) is 4. The van der Waals surface area contributed by atoms with Crippen molar-refractivity contribution in [2.24, 2.45) is 0 Å². The largest absolute Gasteiger partial charge is 0.416 e. The highest BCUT2D eigenvalue weighted by molar-refractivity contribution is 5.94. The van der Waals surface area contributed by atoms with Crippen LogP contribution in [0.2, 0.25) is 0 Å². The molecule has 30 heavy (non-hydrogen) atoms. The van der Waals surface area contributed by atoms with E-state index in [1.54, 1.807) is 6.20 Å². The number of amides is 1. The molecule has 1 saturated heterocycles. The number of hydrogen-bond acceptors (Lipinski definition) is 3. The van der Waals surface area contributed by atoms with Gasteiger partial charge in [-0.3, -0.25) is 9.69 Å². The summed E-state index contributed by atoms with van der Waals surface area (Å²) in [6.07, 6.45) is -6.43. The Kier molecular flexibility index (Phi) is 6.11. The van der Waals surface area contributed by atoms with Crippen LogP contribution < -0.4 is 0 Å². The third kappa shape index (κ3) is 5.13. The maximum atomic E-state index is 13.0. The Morgan fingerprint density at radius 2 is 1.50 bits per heavy atom. The minimum atomic E-state index is -4.99. The van der Waals surface area contributed by atoms with Gasteiger partial charge in [0.1, 0.15) is 5.82 Å². The highest BCUT2D eigenvalue weighted by Crippen LogP contribution is 2.36. The Morgan fingerprint density at radius 3 is 1.97 bits per heavy atom. The molecule has 5 nitrogen and oxygen atoms in total. The van der Waals surface area contributed by atoms with Crippen LogP contribution in [0.25, 0.3) is 0 Å². The molecule has 0 spiro atoms. The lowest BCUT2D eigenvalue weighted by atomic mass is 10.0. The van der Waals surface area contributed by atoms with Gasteiger partial charge in [-0.1, -0.05) is 0 Å². The number of aryl methyl sites for hydroxylation is 1. The molecule has 3 rings (SSSR count). The van der Waals surface area contributed by atoms with E-state index in [4.69, 9.17) is 0 Å². The van der Waals surface area contributed by atoms with Gasteiger partial charge in [0.25, 0.3) is 5.91 Å². The smallest absolute Gasteiger partial charge is 0.336 e. The van der Waals surface area contributed by atoms with Crippen molar-refractivity contribution >= 4 is 5.91 Å². The summed E-state index contributed by atoms with van der Waals surface area (Å²) in [7, 11) is 0. The number of carbonyl (C=O) groups is 1. The number of piperazine rings is 1. The fourth-order valence-corrected chi connectivity index (χ4v) is 3.32. The Labute approximate surface area is 168 Å². The summed E-state index contributed by atoms with van der Waals surface area (Å²) in [5.74, 6) is 0.0329. The molecule has 0 saturated carbocycles. The Morgan fingerprint density at radius 1 is 0.933 bits per heavy atom. The summed E-state index contributed by atoms with van der Waals surface area (Å²) >= 11 is 0. The lowest BCUT2D eigenvalue weighted by Gasteiger charge is -2.35. The average Bonchev–Trinajstić information content (AvgIpc) is 3.09. The number of imidazole rings is 1. The molecule has 0 bridgehead atoms. The van der Waals surface area contributed by atoms with Crippen molar-refractivity contribution < 1.29 is 31.1 Å². The summed E-state index contributed by atoms with van der Waals surface area (Å²) in [4.78, 5) is 20.1. The predicted octanol–water partition coefficient (Wildman–Crippen LogP) is 3.69. The first-order valence-electron chi connectivity index (χ1n) is 9.24. The van der Waals surface area contributed by atoms with Crippen molar-refractivity contribution in [1.29, 1.82) is 0 Å². The fourth-order valence-electron chi connectivity index (χ4n) is 3.32. The van der Waals surface area contributed by atoms with E-state index < -0.39 is 35.0 Å². The quantitative estimate of drug-likeness (QED) is 0.690. The Bertz CT molecular complexity index is 865. The molecule has 0 radical (unpaired) electrons. The maximum Gasteiger partial charge on any atom is 0.416 e. The first-order valence-corrected chi connectivity index (χ1v) is 9.24. The molecular weight excluding hydrogens is 414 g/mol. The lowest BCUT2D eigenvalue weighted by Crippen LogP contribution is -2.49. The van der Waals surface area contributed by atoms with Crippen LogP contribution in [-0.2, 0) is 18.9 Å². The van der Waals surface area contributed by atoms with Gasteiger partial charge in [-0.25, -0.2) is 4.98 Å². The van der Waals surface area contributed by atoms with E-state index >= 15 is 0 Å². The lowest BCUT2D eigenvalue weighted by molar-refractivity contribution is -0.143. The van der Waals surface area contributed by atoms with Crippen molar-refractivity contribution in [2.45, 2.75) is 25.8 Å². The second-order valence-electron chi connectivity index (χ2n) is 7.10. The van der Waals surface area contributed by atoms with Crippen LogP contribution in [0, 0.1) is 6.92 Å². The minimum Gasteiger partial charge on any atom is -0.336 e. The number of rotatable bonds is 4. The summed E-state index contributed by atoms with van der Waals surface area (Å²) in [5, 5.41) is 0. The molecule has 1 fully saturated rings. The Balaban J connectivity index is 1.68. The first-order chi connectivity index (χ1) is 13.9. The normalized spacial score (nSPS) is 16.2. The molecule has 1 aromatic heterocycles. The zero-order valence-corrected chi connectivity index (χ0v) is 16.1. The molecule has 1 amide bonds. The van der Waals surface area contributed by atoms with Gasteiger partial charge in [0.05, 0.1) is 11.1 Å². The van der Waals surface area contributed by atoms with Crippen molar-refractivity contribution in [1.82, 2.24) is 19.4 Å². The molecule has 1 aliphatic heterocycles. The summed E-state index contributed by atoms with van der Waals surface area (Å²) < 4.78 is 80.1. The molecule has 0 aliphatic carbocycles. The van der Waals surface area contributed by atoms with Crippen LogP contribution in [0.1, 0.15) is 27.3 Å². The monoisotopic (exact) mass is 434 g/mol. The van der Waals surface area contributed by atoms with Crippen molar-refractivity contribution in [2.75, 3.05) is 32.7 Å². The van der Waals surface area contributed by atoms with E-state index in [2.05, 4.69) is 9.88 Å². The van der Waals surface area contributed by atoms with Crippen molar-refractivity contribution in [3.05, 3.63) is 53.1 Å². The third-order valence-corrected chi connectivity index (χ3v) is 5.07. The number of aromatic nitrogens is 2. The average molecular weight is 434 g/mol. The van der Waals surface area contributed by atoms with E-state index in [0.717, 1.165) is 5.82 Å². The van der Waals surface area contributed by atoms with E-state index in [1.807, 2.05) is 17.7 Å². The SMILES string of the molecule is Cc1nccn1CCN1CCN(C(=O)c2cc(C(F)(F)F)cc(C(F)(F)F)c2)CC1. The maximum absolute atomic E-state index is 13.0. The van der Waals surface area contributed by atoms with Gasteiger partial charge in [0.15, 0.2) is 0 Å². The summed E-state index contributed by atoms with van der Waals surface area (Å²) in [5.41, 5.74) is -3.59. The third-order valence-electron chi connectivity index (χ3n) is 5.07. The molecule has 164 valence electrons. The molecule has 0 atom stereocenters. The van der Waals surface area contributed by atoms with Gasteiger partial charge >= 0.3 is 12.4 Å². The van der Waals surface area contributed by atoms with Gasteiger partial charge in [0.2, 0.25) is 0 Å². The minimum absolute atomic E-state index is 0.0206. The molecule has 11 heteroatoms. The number of benzene rings is 1. The van der Waals surface area contributed by atoms with E-state index in [9.17, 15) is 31.1 Å². The fraction of sp³-hybridized carbons (Fsp3) is 0.474. The van der Waals surface area contributed by atoms with Gasteiger partial charge in [0, 0.05) is 57.2 Å². The van der Waals surface area contributed by atoms with Crippen LogP contribution in [0.15, 0.2) is 30.6 Å². The van der Waals surface area contributed by atoms with Gasteiger partial charge < -0.3 is 9.47 Å². The second-order valence-corrected chi connectivity index (χ2v) is 7.10. The van der Waals surface area contributed by atoms with Crippen LogP contribution in [0.5, 0.6) is 0 Å². The highest BCUT2D eigenvalue weighted by atomic mass is 19.4. The molecular formula is C19H20F6N4O. The molecule has 2 aromatic rings. The highest BCUT2D eigenvalue weighted by Gasteiger charge is 2.38. The van der Waals surface area contributed by atoms with E-state index in [0.29, 0.717) is 38.3 Å². The topological polar surface area (TPSA) is 41.4 Å². The molecule has 1 aromatic carbocycles. The van der Waals surface area contributed by atoms with E-state index in [-0.39, 0.29) is 19.2 Å². The standard InChI is InChI=1S/C19H20F6N4O/c1-13-26-2-3-28(13)7-4-27-5-8-29(9-6-27)17(30)14-10-15(18(20,21)22)12-16(11-14)19(23,24)25/h2-3,10-12H,4-9H2,1H3. The molecule has 1 aliphatic rings. The van der Waals surface area contributed by atoms with Gasteiger partial charge in [-0.15, -0.1) is 0 Å². The van der Waals surface area contributed by atoms with Crippen LogP contribution in [-0.4, -0.2) is 58.0 Å². The first kappa shape index (κ1) is 22.1. The summed E-state index contributed by atoms with van der Waals surface area (Å²) in [6.45, 7) is 4.66. The van der Waals surface area contributed by atoms with Crippen LogP contribution in [0.4, 0.5) is 26.3 Å². The Hall–Kier alpha value is -2.56. The number of hydrogen-bond donors (Lipinski definition) is 0. The number of alkyl halides is 6. The van der Waals surface area contributed by atoms with Crippen molar-refractivity contribution in [3.8, 4) is 0 Å². The number of halogens is 6. The molecule has 0 N–H and O–H groups in total.